The molecule has 0 atom stereocenters. The van der Waals surface area contributed by atoms with Crippen LogP contribution in [-0.4, -0.2) is 9.55 Å². The Morgan fingerprint density at radius 3 is 2.75 bits per heavy atom. The first-order valence-electron chi connectivity index (χ1n) is 8.62. The van der Waals surface area contributed by atoms with Gasteiger partial charge in [0.25, 0.3) is 0 Å². The number of pyridine rings is 1. The van der Waals surface area contributed by atoms with Crippen molar-refractivity contribution in [1.82, 2.24) is 9.55 Å². The van der Waals surface area contributed by atoms with Crippen LogP contribution in [0.25, 0.3) is 16.6 Å². The van der Waals surface area contributed by atoms with Crippen molar-refractivity contribution in [1.29, 1.82) is 5.26 Å². The molecule has 0 spiro atoms. The summed E-state index contributed by atoms with van der Waals surface area (Å²) in [5, 5.41) is 11.2. The van der Waals surface area contributed by atoms with Gasteiger partial charge in [-0.3, -0.25) is 0 Å². The summed E-state index contributed by atoms with van der Waals surface area (Å²) in [4.78, 5) is 4.58. The lowest BCUT2D eigenvalue weighted by molar-refractivity contribution is 0.309. The van der Waals surface area contributed by atoms with Gasteiger partial charge in [0, 0.05) is 27.9 Å². The zero-order valence-electron chi connectivity index (χ0n) is 15.0. The number of hydrogen-bond donors (Lipinski definition) is 0. The van der Waals surface area contributed by atoms with Crippen LogP contribution < -0.4 is 4.74 Å². The standard InChI is InChI=1S/C22H15Cl2N3O/c1-14-7-8-15-4-2-6-20(22(15)26-14)28-13-17-18(23)9-10-19(21(17)24)27-11-3-5-16(27)12-25/h2-11H,13H2,1H3. The fraction of sp³-hybridized carbons (Fsp3) is 0.0909. The van der Waals surface area contributed by atoms with Crippen molar-refractivity contribution < 1.29 is 4.74 Å². The van der Waals surface area contributed by atoms with Crippen molar-refractivity contribution in [3.8, 4) is 17.5 Å². The smallest absolute Gasteiger partial charge is 0.146 e. The third-order valence-electron chi connectivity index (χ3n) is 4.48. The molecule has 2 aromatic carbocycles. The molecule has 138 valence electrons. The van der Waals surface area contributed by atoms with Crippen LogP contribution >= 0.6 is 23.2 Å². The summed E-state index contributed by atoms with van der Waals surface area (Å²) in [6, 6.07) is 19.0. The molecule has 0 unspecified atom stereocenters. The molecule has 0 amide bonds. The van der Waals surface area contributed by atoms with E-state index in [4.69, 9.17) is 27.9 Å². The Morgan fingerprint density at radius 2 is 1.93 bits per heavy atom. The first-order chi connectivity index (χ1) is 13.6. The molecular weight excluding hydrogens is 393 g/mol. The fourth-order valence-corrected chi connectivity index (χ4v) is 3.64. The number of para-hydroxylation sites is 1. The van der Waals surface area contributed by atoms with E-state index in [-0.39, 0.29) is 6.61 Å². The van der Waals surface area contributed by atoms with Crippen molar-refractivity contribution in [2.45, 2.75) is 13.5 Å². The van der Waals surface area contributed by atoms with Gasteiger partial charge in [-0.2, -0.15) is 5.26 Å². The maximum atomic E-state index is 9.29. The summed E-state index contributed by atoms with van der Waals surface area (Å²) in [6.07, 6.45) is 1.79. The van der Waals surface area contributed by atoms with Crippen LogP contribution in [0, 0.1) is 18.3 Å². The first-order valence-corrected chi connectivity index (χ1v) is 9.38. The monoisotopic (exact) mass is 407 g/mol. The quantitative estimate of drug-likeness (QED) is 0.411. The predicted octanol–water partition coefficient (Wildman–Crippen LogP) is 6.09. The molecule has 0 aliphatic carbocycles. The van der Waals surface area contributed by atoms with Crippen LogP contribution in [0.5, 0.6) is 5.75 Å². The lowest BCUT2D eigenvalue weighted by atomic mass is 10.2. The molecule has 6 heteroatoms. The lowest BCUT2D eigenvalue weighted by Crippen LogP contribution is -2.03. The molecular formula is C22H15Cl2N3O. The number of ether oxygens (including phenoxy) is 1. The Kier molecular flexibility index (Phi) is 4.95. The predicted molar refractivity (Wildman–Crippen MR) is 111 cm³/mol. The van der Waals surface area contributed by atoms with Gasteiger partial charge in [0.2, 0.25) is 0 Å². The summed E-state index contributed by atoms with van der Waals surface area (Å²) in [6.45, 7) is 2.13. The van der Waals surface area contributed by atoms with Crippen LogP contribution in [0.4, 0.5) is 0 Å². The Bertz CT molecular complexity index is 1220. The van der Waals surface area contributed by atoms with E-state index in [0.29, 0.717) is 32.7 Å². The topological polar surface area (TPSA) is 50.8 Å². The molecule has 4 aromatic rings. The lowest BCUT2D eigenvalue weighted by Gasteiger charge is -2.15. The fourth-order valence-electron chi connectivity index (χ4n) is 3.07. The van der Waals surface area contributed by atoms with E-state index in [1.807, 2.05) is 37.3 Å². The third kappa shape index (κ3) is 3.31. The number of fused-ring (bicyclic) bond motifs is 1. The second kappa shape index (κ2) is 7.55. The van der Waals surface area contributed by atoms with Gasteiger partial charge < -0.3 is 9.30 Å². The summed E-state index contributed by atoms with van der Waals surface area (Å²) in [5.74, 6) is 0.664. The minimum atomic E-state index is 0.184. The number of nitrogens with zero attached hydrogens (tertiary/aromatic N) is 3. The van der Waals surface area contributed by atoms with E-state index in [1.165, 1.54) is 0 Å². The van der Waals surface area contributed by atoms with Crippen LogP contribution in [0.2, 0.25) is 10.0 Å². The molecule has 0 saturated carbocycles. The van der Waals surface area contributed by atoms with E-state index < -0.39 is 0 Å². The van der Waals surface area contributed by atoms with E-state index in [1.54, 1.807) is 35.0 Å². The molecule has 0 fully saturated rings. The number of benzene rings is 2. The molecule has 0 N–H and O–H groups in total. The van der Waals surface area contributed by atoms with Gasteiger partial charge in [0.05, 0.1) is 10.7 Å². The molecule has 4 nitrogen and oxygen atoms in total. The highest BCUT2D eigenvalue weighted by Gasteiger charge is 2.15. The van der Waals surface area contributed by atoms with E-state index >= 15 is 0 Å². The minimum absolute atomic E-state index is 0.184. The molecule has 2 heterocycles. The third-order valence-corrected chi connectivity index (χ3v) is 5.26. The molecule has 2 aromatic heterocycles. The number of aromatic nitrogens is 2. The zero-order chi connectivity index (χ0) is 19.7. The summed E-state index contributed by atoms with van der Waals surface area (Å²) < 4.78 is 7.77. The molecule has 4 rings (SSSR count). The molecule has 0 aliphatic heterocycles. The number of aryl methyl sites for hydroxylation is 1. The van der Waals surface area contributed by atoms with Crippen LogP contribution in [0.15, 0.2) is 60.8 Å². The van der Waals surface area contributed by atoms with Crippen LogP contribution in [0.1, 0.15) is 17.0 Å². The van der Waals surface area contributed by atoms with Crippen LogP contribution in [0.3, 0.4) is 0 Å². The first kappa shape index (κ1) is 18.4. The van der Waals surface area contributed by atoms with Gasteiger partial charge >= 0.3 is 0 Å². The number of rotatable bonds is 4. The Labute approximate surface area is 172 Å². The van der Waals surface area contributed by atoms with Crippen molar-refractivity contribution in [3.63, 3.8) is 0 Å². The minimum Gasteiger partial charge on any atom is -0.487 e. The second-order valence-electron chi connectivity index (χ2n) is 6.30. The molecule has 0 bridgehead atoms. The maximum absolute atomic E-state index is 9.29. The van der Waals surface area contributed by atoms with Crippen molar-refractivity contribution in [2.75, 3.05) is 0 Å². The largest absolute Gasteiger partial charge is 0.487 e. The summed E-state index contributed by atoms with van der Waals surface area (Å²) in [7, 11) is 0. The Hall–Kier alpha value is -3.00. The van der Waals surface area contributed by atoms with Gasteiger partial charge in [0.15, 0.2) is 0 Å². The molecule has 28 heavy (non-hydrogen) atoms. The zero-order valence-corrected chi connectivity index (χ0v) is 16.5. The van der Waals surface area contributed by atoms with Crippen molar-refractivity contribution in [3.05, 3.63) is 87.8 Å². The Balaban J connectivity index is 1.71. The normalized spacial score (nSPS) is 10.8. The van der Waals surface area contributed by atoms with E-state index in [2.05, 4.69) is 11.1 Å². The Morgan fingerprint density at radius 1 is 1.07 bits per heavy atom. The number of nitriles is 1. The summed E-state index contributed by atoms with van der Waals surface area (Å²) in [5.41, 5.74) is 3.53. The highest BCUT2D eigenvalue weighted by atomic mass is 35.5. The molecule has 0 radical (unpaired) electrons. The van der Waals surface area contributed by atoms with E-state index in [9.17, 15) is 5.26 Å². The SMILES string of the molecule is Cc1ccc2cccc(OCc3c(Cl)ccc(-n4cccc4C#N)c3Cl)c2n1. The van der Waals surface area contributed by atoms with Crippen molar-refractivity contribution >= 4 is 34.1 Å². The number of halogens is 2. The van der Waals surface area contributed by atoms with Crippen molar-refractivity contribution in [2.24, 2.45) is 0 Å². The van der Waals surface area contributed by atoms with Gasteiger partial charge in [0.1, 0.15) is 29.6 Å². The number of hydrogen-bond acceptors (Lipinski definition) is 3. The van der Waals surface area contributed by atoms with Gasteiger partial charge in [-0.25, -0.2) is 4.98 Å². The summed E-state index contributed by atoms with van der Waals surface area (Å²) >= 11 is 13.0. The van der Waals surface area contributed by atoms with Crippen LogP contribution in [-0.2, 0) is 6.61 Å². The maximum Gasteiger partial charge on any atom is 0.146 e. The highest BCUT2D eigenvalue weighted by Crippen LogP contribution is 2.33. The molecule has 0 aliphatic rings. The molecule has 0 saturated heterocycles. The van der Waals surface area contributed by atoms with Gasteiger partial charge in [-0.05, 0) is 43.3 Å². The highest BCUT2D eigenvalue weighted by molar-refractivity contribution is 6.37. The average Bonchev–Trinajstić information content (AvgIpc) is 3.16. The van der Waals surface area contributed by atoms with Gasteiger partial charge in [-0.15, -0.1) is 0 Å². The van der Waals surface area contributed by atoms with Gasteiger partial charge in [-0.1, -0.05) is 41.4 Å². The average molecular weight is 408 g/mol. The second-order valence-corrected chi connectivity index (χ2v) is 7.09. The van der Waals surface area contributed by atoms with E-state index in [0.717, 1.165) is 16.6 Å².